The van der Waals surface area contributed by atoms with Gasteiger partial charge in [-0.15, -0.1) is 63.9 Å². The molecule has 8 heteroatoms. The van der Waals surface area contributed by atoms with E-state index in [2.05, 4.69) is 313 Å². The van der Waals surface area contributed by atoms with Gasteiger partial charge in [-0.3, -0.25) is 14.5 Å². The molecule has 0 atom stereocenters. The molecule has 101 heavy (non-hydrogen) atoms. The van der Waals surface area contributed by atoms with Gasteiger partial charge in [-0.2, -0.15) is 29.8 Å². The van der Waals surface area contributed by atoms with Gasteiger partial charge in [0.25, 0.3) is 0 Å². The minimum atomic E-state index is 0. The van der Waals surface area contributed by atoms with Gasteiger partial charge in [0.2, 0.25) is 0 Å². The Morgan fingerprint density at radius 3 is 1.33 bits per heavy atom. The van der Waals surface area contributed by atoms with E-state index in [1.165, 1.54) is 127 Å². The third-order valence-electron chi connectivity index (χ3n) is 21.2. The van der Waals surface area contributed by atoms with Crippen LogP contribution in [0.15, 0.2) is 255 Å². The predicted molar refractivity (Wildman–Crippen MR) is 414 cm³/mol. The number of imidazole rings is 3. The van der Waals surface area contributed by atoms with Crippen LogP contribution < -0.4 is 0 Å². The zero-order valence-electron chi connectivity index (χ0n) is 57.5. The fraction of sp³-hybridized carbons (Fsp3) is 0.129. The average Bonchev–Trinajstić information content (AvgIpc) is 1.69. The van der Waals surface area contributed by atoms with E-state index in [9.17, 15) is 0 Å². The molecular weight excluding hydrogens is 1410 g/mol. The summed E-state index contributed by atoms with van der Waals surface area (Å²) in [7, 11) is 0. The number of aryl methyl sites for hydroxylation is 12. The minimum absolute atomic E-state index is 0. The molecule has 0 fully saturated rings. The number of nitrogens with zero attached hydrogens (tertiary/aromatic N) is 7. The largest absolute Gasteiger partial charge is 3.00 e. The molecule has 0 N–H and O–H groups in total. The van der Waals surface area contributed by atoms with Crippen molar-refractivity contribution in [3.8, 4) is 56.3 Å². The summed E-state index contributed by atoms with van der Waals surface area (Å²) in [5, 5.41) is 9.37. The maximum atomic E-state index is 5.11. The van der Waals surface area contributed by atoms with Gasteiger partial charge in [-0.05, 0) is 182 Å². The fourth-order valence-corrected chi connectivity index (χ4v) is 16.4. The normalized spacial score (nSPS) is 11.8. The number of aromatic nitrogens is 7. The van der Waals surface area contributed by atoms with Crippen molar-refractivity contribution in [2.24, 2.45) is 0 Å². The number of hydrogen-bond donors (Lipinski definition) is 0. The van der Waals surface area contributed by atoms with Crippen LogP contribution in [0.2, 0.25) is 0 Å². The van der Waals surface area contributed by atoms with E-state index in [0.29, 0.717) is 0 Å². The molecule has 6 heterocycles. The van der Waals surface area contributed by atoms with Gasteiger partial charge in [-0.25, -0.2) is 4.98 Å². The van der Waals surface area contributed by atoms with Crippen LogP contribution >= 0.6 is 0 Å². The molecule has 0 aliphatic heterocycles. The van der Waals surface area contributed by atoms with Crippen LogP contribution in [0.1, 0.15) is 66.8 Å². The summed E-state index contributed by atoms with van der Waals surface area (Å²) >= 11 is 0. The molecule has 0 aliphatic rings. The number of benzene rings is 12. The number of fused-ring (bicyclic) bond motifs is 15. The number of hydrogen-bond acceptors (Lipinski definition) is 3. The summed E-state index contributed by atoms with van der Waals surface area (Å²) in [6.07, 6.45) is 13.3. The topological polar surface area (TPSA) is 57.3 Å². The van der Waals surface area contributed by atoms with Crippen molar-refractivity contribution in [1.82, 2.24) is 32.9 Å². The first kappa shape index (κ1) is 63.2. The molecule has 0 saturated carbocycles. The molecule has 488 valence electrons. The third kappa shape index (κ3) is 11.0. The van der Waals surface area contributed by atoms with E-state index in [1.807, 2.05) is 24.9 Å². The SMILES string of the molecule is Cc1cccc(C)c1-c1cncn1-c1ccccc1-c1c[c-]cc(CCc2cccc(-n3c4ccc(CCc5c[c-]c6c(c5)c5ccccc5n5c(-c7c(C)cccc7C)cnc65)cc4c4cc(CCc5c[c-]c6c(c5)c5ccccc5n5c(-c7c(C)cccc7C)cnc65)ccc43)c2)c1.[Ir+3]. The maximum Gasteiger partial charge on any atom is 3.00 e. The van der Waals surface area contributed by atoms with Crippen LogP contribution in [0.5, 0.6) is 0 Å². The Kier molecular flexibility index (Phi) is 16.1. The first-order valence-corrected chi connectivity index (χ1v) is 35.0. The average molecular weight is 1480 g/mol. The fourth-order valence-electron chi connectivity index (χ4n) is 16.4. The van der Waals surface area contributed by atoms with Crippen molar-refractivity contribution in [1.29, 1.82) is 0 Å². The van der Waals surface area contributed by atoms with Crippen molar-refractivity contribution in [3.63, 3.8) is 0 Å². The Morgan fingerprint density at radius 1 is 0.347 bits per heavy atom. The van der Waals surface area contributed by atoms with E-state index in [1.54, 1.807) is 0 Å². The predicted octanol–water partition coefficient (Wildman–Crippen LogP) is 22.1. The Labute approximate surface area is 602 Å². The van der Waals surface area contributed by atoms with Crippen LogP contribution in [0.4, 0.5) is 0 Å². The van der Waals surface area contributed by atoms with Gasteiger partial charge >= 0.3 is 20.1 Å². The molecule has 0 saturated heterocycles. The van der Waals surface area contributed by atoms with Crippen molar-refractivity contribution in [2.45, 2.75) is 80.1 Å². The molecule has 0 bridgehead atoms. The molecule has 0 amide bonds. The monoisotopic (exact) mass is 1480 g/mol. The van der Waals surface area contributed by atoms with Crippen LogP contribution in [0, 0.1) is 59.7 Å². The summed E-state index contributed by atoms with van der Waals surface area (Å²) in [5.41, 5.74) is 33.2. The van der Waals surface area contributed by atoms with Crippen molar-refractivity contribution >= 4 is 76.5 Å². The Hall–Kier alpha value is -11.3. The Balaban J connectivity index is 0.00000760. The zero-order chi connectivity index (χ0) is 67.3. The van der Waals surface area contributed by atoms with E-state index < -0.39 is 0 Å². The number of pyridine rings is 2. The van der Waals surface area contributed by atoms with E-state index in [0.717, 1.165) is 111 Å². The minimum Gasteiger partial charge on any atom is -0.333 e. The molecule has 0 radical (unpaired) electrons. The van der Waals surface area contributed by atoms with Gasteiger partial charge in [0, 0.05) is 62.3 Å². The van der Waals surface area contributed by atoms with Gasteiger partial charge < -0.3 is 13.4 Å². The van der Waals surface area contributed by atoms with Crippen molar-refractivity contribution in [3.05, 3.63) is 340 Å². The smallest absolute Gasteiger partial charge is 0.333 e. The summed E-state index contributed by atoms with van der Waals surface area (Å²) < 4.78 is 9.41. The summed E-state index contributed by atoms with van der Waals surface area (Å²) in [6, 6.07) is 96.2. The van der Waals surface area contributed by atoms with E-state index >= 15 is 0 Å². The second-order valence-corrected chi connectivity index (χ2v) is 27.5. The van der Waals surface area contributed by atoms with Crippen LogP contribution in [0.25, 0.3) is 133 Å². The maximum absolute atomic E-state index is 5.11. The van der Waals surface area contributed by atoms with Gasteiger partial charge in [0.15, 0.2) is 0 Å². The first-order valence-electron chi connectivity index (χ1n) is 35.0. The molecule has 12 aromatic carbocycles. The van der Waals surface area contributed by atoms with Gasteiger partial charge in [0.05, 0.1) is 51.9 Å². The number of rotatable bonds is 15. The number of para-hydroxylation sites is 3. The van der Waals surface area contributed by atoms with E-state index in [-0.39, 0.29) is 20.1 Å². The third-order valence-corrected chi connectivity index (χ3v) is 21.2. The molecule has 6 aromatic heterocycles. The quantitative estimate of drug-likeness (QED) is 0.0759. The van der Waals surface area contributed by atoms with Gasteiger partial charge in [0.1, 0.15) is 0 Å². The summed E-state index contributed by atoms with van der Waals surface area (Å²) in [4.78, 5) is 14.9. The van der Waals surface area contributed by atoms with Crippen molar-refractivity contribution < 1.29 is 20.1 Å². The van der Waals surface area contributed by atoms with E-state index in [4.69, 9.17) is 9.97 Å². The van der Waals surface area contributed by atoms with Gasteiger partial charge in [-0.1, -0.05) is 163 Å². The summed E-state index contributed by atoms with van der Waals surface area (Å²) in [6.45, 7) is 13.1. The van der Waals surface area contributed by atoms with Crippen molar-refractivity contribution in [2.75, 3.05) is 0 Å². The first-order chi connectivity index (χ1) is 49.1. The Bertz CT molecular complexity index is 6000. The summed E-state index contributed by atoms with van der Waals surface area (Å²) in [5.74, 6) is 0. The van der Waals surface area contributed by atoms with Crippen LogP contribution in [-0.4, -0.2) is 32.9 Å². The molecule has 0 spiro atoms. The molecule has 18 aromatic rings. The zero-order valence-corrected chi connectivity index (χ0v) is 59.9. The molecule has 0 aliphatic carbocycles. The molecule has 0 unspecified atom stereocenters. The molecule has 18 rings (SSSR count). The second-order valence-electron chi connectivity index (χ2n) is 27.5. The van der Waals surface area contributed by atoms with Crippen LogP contribution in [-0.2, 0) is 58.6 Å². The second kappa shape index (κ2) is 25.8. The molecular formula is C93H72IrN7. The Morgan fingerprint density at radius 2 is 0.792 bits per heavy atom. The molecule has 7 nitrogen and oxygen atoms in total. The van der Waals surface area contributed by atoms with Crippen LogP contribution in [0.3, 0.4) is 0 Å². The standard InChI is InChI=1S/C93H72N7.Ir/c1-58-18-13-19-59(2)89(58)86-54-94-57-97(86)81-31-10-7-28-72(81)70-26-16-24-64(48-70)34-35-65-25-17-27-71(49-65)98-84-46-42-68(38-36-66-40-44-75-77(50-66)73-29-8-11-32-82(73)99-87(55-95-92(75)99)90-60(3)20-14-21-61(90)4)52-79(84)80-53-69(43-47-85(80)98)39-37-67-41-45-76-78(51-67)74-30-9-12-33-83(74)100-88(56-96-93(76)100)91-62(5)22-15-23-63(91)6;/h7-15,17-33,40-43,46-57H,34-39H2,1-6H3;/q-3;+3.